The number of aliphatic hydroxyl groups is 3. The van der Waals surface area contributed by atoms with E-state index in [1.54, 1.807) is 6.07 Å². The van der Waals surface area contributed by atoms with Crippen molar-refractivity contribution in [3.63, 3.8) is 0 Å². The van der Waals surface area contributed by atoms with E-state index in [0.717, 1.165) is 37.2 Å². The van der Waals surface area contributed by atoms with Crippen LogP contribution in [0.3, 0.4) is 0 Å². The summed E-state index contributed by atoms with van der Waals surface area (Å²) in [7, 11) is 3.78. The lowest BCUT2D eigenvalue weighted by Gasteiger charge is -2.46. The first kappa shape index (κ1) is 29.1. The average molecular weight is 568 g/mol. The van der Waals surface area contributed by atoms with Crippen LogP contribution in [0, 0.1) is 23.2 Å². The lowest BCUT2D eigenvalue weighted by Crippen LogP contribution is -2.57. The molecule has 3 aliphatic carbocycles. The molecule has 4 aliphatic rings. The number of carbonyl (C=O) groups excluding carboxylic acids is 3. The predicted octanol–water partition coefficient (Wildman–Crippen LogP) is 2.90. The molecule has 5 rings (SSSR count). The second kappa shape index (κ2) is 9.87. The summed E-state index contributed by atoms with van der Waals surface area (Å²) in [5, 5.41) is 44.3. The lowest BCUT2D eigenvalue weighted by molar-refractivity contribution is -0.144. The number of rotatable bonds is 4. The van der Waals surface area contributed by atoms with Crippen molar-refractivity contribution in [2.24, 2.45) is 28.9 Å². The van der Waals surface area contributed by atoms with E-state index in [1.165, 1.54) is 0 Å². The van der Waals surface area contributed by atoms with Gasteiger partial charge in [0, 0.05) is 44.2 Å². The predicted molar refractivity (Wildman–Crippen MR) is 153 cm³/mol. The summed E-state index contributed by atoms with van der Waals surface area (Å²) >= 11 is 0. The molecule has 0 spiro atoms. The van der Waals surface area contributed by atoms with Crippen molar-refractivity contribution in [3.8, 4) is 5.75 Å². The molecular formula is C31H41N3O7. The molecule has 1 fully saturated rings. The Morgan fingerprint density at radius 3 is 2.32 bits per heavy atom. The SMILES string of the molecule is CN(C)c1c(CN2CCC(C(C)(C)C)CC2)cc(O)c2c1CC1C[C@H]3CC(O)=C(C(N)=O)C(=O)[C@@]3(O)C(O)=C1C2=O. The molecule has 3 atom stereocenters. The van der Waals surface area contributed by atoms with E-state index in [0.29, 0.717) is 18.0 Å². The van der Waals surface area contributed by atoms with Crippen LogP contribution in [-0.2, 0) is 22.6 Å². The first-order chi connectivity index (χ1) is 19.1. The zero-order chi connectivity index (χ0) is 30.2. The van der Waals surface area contributed by atoms with E-state index < -0.39 is 52.0 Å². The van der Waals surface area contributed by atoms with Crippen LogP contribution < -0.4 is 10.6 Å². The van der Waals surface area contributed by atoms with Gasteiger partial charge in [0.15, 0.2) is 11.4 Å². The Balaban J connectivity index is 1.54. The third-order valence-electron chi connectivity index (χ3n) is 9.77. The number of aromatic hydroxyl groups is 1. The van der Waals surface area contributed by atoms with Gasteiger partial charge in [0.05, 0.1) is 5.56 Å². The number of phenolic OH excluding ortho intramolecular Hbond substituents is 1. The van der Waals surface area contributed by atoms with Crippen LogP contribution in [0.15, 0.2) is 28.7 Å². The van der Waals surface area contributed by atoms with Gasteiger partial charge in [0.25, 0.3) is 5.91 Å². The number of anilines is 1. The fourth-order valence-corrected chi connectivity index (χ4v) is 7.62. The van der Waals surface area contributed by atoms with Crippen LogP contribution in [0.4, 0.5) is 5.69 Å². The van der Waals surface area contributed by atoms with Gasteiger partial charge in [-0.1, -0.05) is 20.8 Å². The zero-order valence-electron chi connectivity index (χ0n) is 24.5. The van der Waals surface area contributed by atoms with Crippen LogP contribution in [0.5, 0.6) is 5.75 Å². The molecule has 0 bridgehead atoms. The van der Waals surface area contributed by atoms with E-state index in [9.17, 15) is 34.8 Å². The van der Waals surface area contributed by atoms with Gasteiger partial charge in [-0.3, -0.25) is 19.3 Å². The Kier molecular flexibility index (Phi) is 7.02. The number of carbonyl (C=O) groups is 3. The number of Topliss-reactive ketones (excluding diaryl/α,β-unsaturated/α-hetero) is 2. The number of nitrogens with two attached hydrogens (primary N) is 1. The molecule has 0 radical (unpaired) electrons. The number of allylic oxidation sites excluding steroid dienone is 2. The number of piperidine rings is 1. The van der Waals surface area contributed by atoms with Gasteiger partial charge in [-0.25, -0.2) is 0 Å². The first-order valence-corrected chi connectivity index (χ1v) is 14.3. The molecular weight excluding hydrogens is 526 g/mol. The van der Waals surface area contributed by atoms with Gasteiger partial charge in [-0.15, -0.1) is 0 Å². The number of ketones is 2. The Morgan fingerprint density at radius 1 is 1.12 bits per heavy atom. The number of aliphatic hydroxyl groups excluding tert-OH is 2. The van der Waals surface area contributed by atoms with Gasteiger partial charge in [0.2, 0.25) is 5.78 Å². The number of benzene rings is 1. The van der Waals surface area contributed by atoms with Gasteiger partial charge >= 0.3 is 0 Å². The topological polar surface area (TPSA) is 165 Å². The number of phenols is 1. The number of hydrogen-bond donors (Lipinski definition) is 5. The lowest BCUT2D eigenvalue weighted by atomic mass is 9.60. The average Bonchev–Trinajstić information content (AvgIpc) is 2.85. The Morgan fingerprint density at radius 2 is 1.76 bits per heavy atom. The maximum absolute atomic E-state index is 13.9. The number of primary amides is 1. The van der Waals surface area contributed by atoms with Crippen molar-refractivity contribution in [2.75, 3.05) is 32.1 Å². The second-order valence-electron chi connectivity index (χ2n) is 13.5. The molecule has 1 aromatic carbocycles. The second-order valence-corrected chi connectivity index (χ2v) is 13.5. The van der Waals surface area contributed by atoms with E-state index in [-0.39, 0.29) is 41.6 Å². The highest BCUT2D eigenvalue weighted by molar-refractivity contribution is 6.24. The summed E-state index contributed by atoms with van der Waals surface area (Å²) in [5.74, 6) is -5.55. The molecule has 1 aromatic rings. The molecule has 10 nitrogen and oxygen atoms in total. The van der Waals surface area contributed by atoms with Crippen LogP contribution in [-0.4, -0.2) is 75.6 Å². The van der Waals surface area contributed by atoms with Crippen LogP contribution in [0.25, 0.3) is 0 Å². The van der Waals surface area contributed by atoms with Crippen molar-refractivity contribution in [2.45, 2.75) is 65.0 Å². The molecule has 1 amide bonds. The third-order valence-corrected chi connectivity index (χ3v) is 9.77. The Hall–Kier alpha value is -3.37. The smallest absolute Gasteiger partial charge is 0.255 e. The first-order valence-electron chi connectivity index (χ1n) is 14.3. The highest BCUT2D eigenvalue weighted by Gasteiger charge is 2.59. The Labute approximate surface area is 240 Å². The third kappa shape index (κ3) is 4.52. The van der Waals surface area contributed by atoms with E-state index in [1.807, 2.05) is 19.0 Å². The van der Waals surface area contributed by atoms with Crippen molar-refractivity contribution < 1.29 is 34.8 Å². The largest absolute Gasteiger partial charge is 0.511 e. The number of hydrogen-bond acceptors (Lipinski definition) is 9. The van der Waals surface area contributed by atoms with Crippen molar-refractivity contribution in [3.05, 3.63) is 45.4 Å². The summed E-state index contributed by atoms with van der Waals surface area (Å²) < 4.78 is 0. The normalized spacial score (nSPS) is 27.5. The Bertz CT molecular complexity index is 1400. The van der Waals surface area contributed by atoms with Crippen molar-refractivity contribution in [1.29, 1.82) is 0 Å². The van der Waals surface area contributed by atoms with Gasteiger partial charge < -0.3 is 31.1 Å². The fourth-order valence-electron chi connectivity index (χ4n) is 7.62. The maximum Gasteiger partial charge on any atom is 0.255 e. The number of amides is 1. The summed E-state index contributed by atoms with van der Waals surface area (Å²) in [6.45, 7) is 9.32. The molecule has 0 saturated carbocycles. The highest BCUT2D eigenvalue weighted by Crippen LogP contribution is 2.53. The molecule has 1 unspecified atom stereocenters. The summed E-state index contributed by atoms with van der Waals surface area (Å²) in [4.78, 5) is 43.2. The molecule has 6 N–H and O–H groups in total. The van der Waals surface area contributed by atoms with Gasteiger partial charge in [-0.2, -0.15) is 0 Å². The monoisotopic (exact) mass is 567 g/mol. The van der Waals surface area contributed by atoms with Gasteiger partial charge in [-0.05, 0) is 73.2 Å². The van der Waals surface area contributed by atoms with Gasteiger partial charge in [0.1, 0.15) is 22.8 Å². The molecule has 1 heterocycles. The molecule has 222 valence electrons. The van der Waals surface area contributed by atoms with Crippen LogP contribution >= 0.6 is 0 Å². The highest BCUT2D eigenvalue weighted by atomic mass is 16.3. The number of likely N-dealkylation sites (tertiary alicyclic amines) is 1. The fraction of sp³-hybridized carbons (Fsp3) is 0.581. The summed E-state index contributed by atoms with van der Waals surface area (Å²) in [6, 6.07) is 1.61. The minimum Gasteiger partial charge on any atom is -0.511 e. The molecule has 41 heavy (non-hydrogen) atoms. The molecule has 10 heteroatoms. The van der Waals surface area contributed by atoms with E-state index in [4.69, 9.17) is 5.73 Å². The van der Waals surface area contributed by atoms with E-state index in [2.05, 4.69) is 25.7 Å². The van der Waals surface area contributed by atoms with Crippen molar-refractivity contribution in [1.82, 2.24) is 4.90 Å². The summed E-state index contributed by atoms with van der Waals surface area (Å²) in [6.07, 6.45) is 2.34. The number of nitrogens with zero attached hydrogens (tertiary/aromatic N) is 2. The minimum atomic E-state index is -2.56. The molecule has 1 saturated heterocycles. The number of fused-ring (bicyclic) bond motifs is 3. The zero-order valence-corrected chi connectivity index (χ0v) is 24.5. The summed E-state index contributed by atoms with van der Waals surface area (Å²) in [5.41, 5.74) is 4.49. The van der Waals surface area contributed by atoms with Crippen LogP contribution in [0.1, 0.15) is 67.9 Å². The molecule has 1 aliphatic heterocycles. The quantitative estimate of drug-likeness (QED) is 0.344. The van der Waals surface area contributed by atoms with Crippen LogP contribution in [0.2, 0.25) is 0 Å². The molecule has 0 aromatic heterocycles. The minimum absolute atomic E-state index is 0.0421. The maximum atomic E-state index is 13.9. The van der Waals surface area contributed by atoms with Crippen molar-refractivity contribution >= 4 is 23.2 Å². The standard InChI is InChI=1S/C31H41N3O7/c1-30(2,3)17-6-8-34(9-7-17)14-16-12-20(35)23-19(25(16)33(4)5)11-15-10-18-13-21(36)24(29(32)40)28(39)31(18,41)27(38)22(15)26(23)37/h12,15,17-18,35-36,38,41H,6-11,13-14H2,1-5H3,(H2,32,40)/t15?,18-,31-/m0/s1. The van der Waals surface area contributed by atoms with E-state index >= 15 is 0 Å².